The highest BCUT2D eigenvalue weighted by molar-refractivity contribution is 5.89. The fourth-order valence-corrected chi connectivity index (χ4v) is 1.77. The number of pyridine rings is 2. The van der Waals surface area contributed by atoms with Crippen molar-refractivity contribution in [3.05, 3.63) is 53.0 Å². The molecule has 0 atom stereocenters. The Bertz CT molecular complexity index is 611. The highest BCUT2D eigenvalue weighted by Gasteiger charge is 2.08. The quantitative estimate of drug-likeness (QED) is 0.879. The molecule has 0 radical (unpaired) electrons. The Labute approximate surface area is 111 Å². The zero-order valence-electron chi connectivity index (χ0n) is 10.8. The van der Waals surface area contributed by atoms with Crippen LogP contribution in [0.5, 0.6) is 0 Å². The minimum atomic E-state index is -0.957. The molecule has 0 bridgehead atoms. The van der Waals surface area contributed by atoms with E-state index in [2.05, 4.69) is 15.3 Å². The topological polar surface area (TPSA) is 75.1 Å². The molecule has 5 heteroatoms. The summed E-state index contributed by atoms with van der Waals surface area (Å²) in [6, 6.07) is 5.18. The van der Waals surface area contributed by atoms with Gasteiger partial charge in [0.2, 0.25) is 0 Å². The summed E-state index contributed by atoms with van der Waals surface area (Å²) < 4.78 is 0. The van der Waals surface area contributed by atoms with Crippen molar-refractivity contribution in [2.24, 2.45) is 0 Å². The normalized spacial score (nSPS) is 10.2. The van der Waals surface area contributed by atoms with E-state index in [1.165, 1.54) is 0 Å². The summed E-state index contributed by atoms with van der Waals surface area (Å²) in [7, 11) is 0. The van der Waals surface area contributed by atoms with Gasteiger partial charge in [0.25, 0.3) is 0 Å². The Morgan fingerprint density at radius 2 is 2.11 bits per heavy atom. The Kier molecular flexibility index (Phi) is 3.75. The molecule has 0 aromatic carbocycles. The molecule has 0 aliphatic heterocycles. The number of hydrogen-bond donors (Lipinski definition) is 2. The monoisotopic (exact) mass is 257 g/mol. The van der Waals surface area contributed by atoms with Crippen LogP contribution in [-0.4, -0.2) is 21.0 Å². The number of carboxylic acids is 1. The van der Waals surface area contributed by atoms with Gasteiger partial charge < -0.3 is 10.4 Å². The van der Waals surface area contributed by atoms with Crippen molar-refractivity contribution in [1.29, 1.82) is 0 Å². The van der Waals surface area contributed by atoms with E-state index in [0.29, 0.717) is 18.1 Å². The predicted molar refractivity (Wildman–Crippen MR) is 72.2 cm³/mol. The molecule has 0 aliphatic rings. The molecule has 0 spiro atoms. The fraction of sp³-hybridized carbons (Fsp3) is 0.214. The Balaban J connectivity index is 2.11. The summed E-state index contributed by atoms with van der Waals surface area (Å²) >= 11 is 0. The molecule has 0 saturated carbocycles. The summed E-state index contributed by atoms with van der Waals surface area (Å²) in [5.74, 6) is -0.291. The van der Waals surface area contributed by atoms with Gasteiger partial charge in [0, 0.05) is 18.9 Å². The minimum absolute atomic E-state index is 0.227. The molecule has 2 rings (SSSR count). The van der Waals surface area contributed by atoms with Crippen LogP contribution in [0.3, 0.4) is 0 Å². The molecule has 0 unspecified atom stereocenters. The fourth-order valence-electron chi connectivity index (χ4n) is 1.77. The number of carboxylic acid groups (broad SMARTS) is 1. The highest BCUT2D eigenvalue weighted by Crippen LogP contribution is 2.13. The number of aromatic carboxylic acids is 1. The van der Waals surface area contributed by atoms with Crippen molar-refractivity contribution in [1.82, 2.24) is 9.97 Å². The molecule has 0 amide bonds. The first-order chi connectivity index (χ1) is 9.08. The molecule has 0 saturated heterocycles. The summed E-state index contributed by atoms with van der Waals surface area (Å²) in [5, 5.41) is 12.1. The zero-order valence-corrected chi connectivity index (χ0v) is 10.8. The Hall–Kier alpha value is -2.43. The lowest BCUT2D eigenvalue weighted by Gasteiger charge is -2.09. The second-order valence-electron chi connectivity index (χ2n) is 4.29. The Morgan fingerprint density at radius 3 is 2.74 bits per heavy atom. The molecule has 5 nitrogen and oxygen atoms in total. The van der Waals surface area contributed by atoms with E-state index in [0.717, 1.165) is 11.1 Å². The minimum Gasteiger partial charge on any atom is -0.478 e. The van der Waals surface area contributed by atoms with Crippen LogP contribution in [0.15, 0.2) is 30.6 Å². The highest BCUT2D eigenvalue weighted by atomic mass is 16.4. The number of anilines is 1. The van der Waals surface area contributed by atoms with Crippen LogP contribution in [0.25, 0.3) is 0 Å². The number of aromatic nitrogens is 2. The van der Waals surface area contributed by atoms with Gasteiger partial charge in [-0.3, -0.25) is 4.98 Å². The van der Waals surface area contributed by atoms with Gasteiger partial charge in [-0.2, -0.15) is 0 Å². The average Bonchev–Trinajstić information content (AvgIpc) is 2.37. The predicted octanol–water partition coefficient (Wildman–Crippen LogP) is 2.40. The third-order valence-corrected chi connectivity index (χ3v) is 2.91. The maximum atomic E-state index is 10.9. The SMILES string of the molecule is Cc1cnccc1CNc1ccc(C(=O)O)c(C)n1. The zero-order chi connectivity index (χ0) is 13.8. The van der Waals surface area contributed by atoms with Gasteiger partial charge in [-0.25, -0.2) is 9.78 Å². The van der Waals surface area contributed by atoms with Gasteiger partial charge >= 0.3 is 5.97 Å². The smallest absolute Gasteiger partial charge is 0.337 e. The maximum Gasteiger partial charge on any atom is 0.337 e. The maximum absolute atomic E-state index is 10.9. The standard InChI is InChI=1S/C14H15N3O2/c1-9-7-15-6-5-11(9)8-16-13-4-3-12(14(18)19)10(2)17-13/h3-7H,8H2,1-2H3,(H,16,17)(H,18,19). The van der Waals surface area contributed by atoms with Crippen molar-refractivity contribution >= 4 is 11.8 Å². The van der Waals surface area contributed by atoms with E-state index >= 15 is 0 Å². The van der Waals surface area contributed by atoms with E-state index in [-0.39, 0.29) is 5.56 Å². The third-order valence-electron chi connectivity index (χ3n) is 2.91. The molecule has 2 aromatic heterocycles. The second kappa shape index (κ2) is 5.48. The van der Waals surface area contributed by atoms with Gasteiger partial charge in [-0.05, 0) is 43.2 Å². The number of nitrogens with one attached hydrogen (secondary N) is 1. The summed E-state index contributed by atoms with van der Waals surface area (Å²) in [5.41, 5.74) is 2.97. The molecule has 19 heavy (non-hydrogen) atoms. The summed E-state index contributed by atoms with van der Waals surface area (Å²) in [4.78, 5) is 19.2. The molecule has 0 fully saturated rings. The lowest BCUT2D eigenvalue weighted by atomic mass is 10.1. The summed E-state index contributed by atoms with van der Waals surface area (Å²) in [6.45, 7) is 4.32. The molecule has 0 aliphatic carbocycles. The number of nitrogens with zero attached hydrogens (tertiary/aromatic N) is 2. The molecular weight excluding hydrogens is 242 g/mol. The second-order valence-corrected chi connectivity index (χ2v) is 4.29. The molecule has 2 aromatic rings. The first-order valence-corrected chi connectivity index (χ1v) is 5.92. The van der Waals surface area contributed by atoms with Gasteiger partial charge in [0.15, 0.2) is 0 Å². The first-order valence-electron chi connectivity index (χ1n) is 5.92. The lowest BCUT2D eigenvalue weighted by Crippen LogP contribution is -2.07. The molecule has 2 heterocycles. The van der Waals surface area contributed by atoms with Gasteiger partial charge in [-0.1, -0.05) is 0 Å². The van der Waals surface area contributed by atoms with Crippen molar-refractivity contribution in [2.45, 2.75) is 20.4 Å². The number of rotatable bonds is 4. The molecule has 98 valence electrons. The molecular formula is C14H15N3O2. The lowest BCUT2D eigenvalue weighted by molar-refractivity contribution is 0.0695. The largest absolute Gasteiger partial charge is 0.478 e. The van der Waals surface area contributed by atoms with E-state index in [1.807, 2.05) is 19.2 Å². The van der Waals surface area contributed by atoms with E-state index < -0.39 is 5.97 Å². The van der Waals surface area contributed by atoms with Gasteiger partial charge in [0.1, 0.15) is 5.82 Å². The first kappa shape index (κ1) is 13.0. The van der Waals surface area contributed by atoms with Crippen LogP contribution in [-0.2, 0) is 6.54 Å². The van der Waals surface area contributed by atoms with Crippen LogP contribution in [0.2, 0.25) is 0 Å². The number of hydrogen-bond acceptors (Lipinski definition) is 4. The van der Waals surface area contributed by atoms with Crippen LogP contribution in [0.1, 0.15) is 27.2 Å². The van der Waals surface area contributed by atoms with E-state index in [4.69, 9.17) is 5.11 Å². The van der Waals surface area contributed by atoms with Crippen LogP contribution in [0, 0.1) is 13.8 Å². The summed E-state index contributed by atoms with van der Waals surface area (Å²) in [6.07, 6.45) is 3.55. The van der Waals surface area contributed by atoms with Crippen LogP contribution in [0.4, 0.5) is 5.82 Å². The van der Waals surface area contributed by atoms with E-state index in [9.17, 15) is 4.79 Å². The van der Waals surface area contributed by atoms with Crippen molar-refractivity contribution in [3.8, 4) is 0 Å². The average molecular weight is 257 g/mol. The van der Waals surface area contributed by atoms with Crippen LogP contribution < -0.4 is 5.32 Å². The Morgan fingerprint density at radius 1 is 1.32 bits per heavy atom. The van der Waals surface area contributed by atoms with Crippen molar-refractivity contribution in [2.75, 3.05) is 5.32 Å². The van der Waals surface area contributed by atoms with E-state index in [1.54, 1.807) is 25.3 Å². The number of aryl methyl sites for hydroxylation is 2. The third kappa shape index (κ3) is 3.07. The van der Waals surface area contributed by atoms with Gasteiger partial charge in [-0.15, -0.1) is 0 Å². The van der Waals surface area contributed by atoms with Gasteiger partial charge in [0.05, 0.1) is 11.3 Å². The van der Waals surface area contributed by atoms with Crippen molar-refractivity contribution < 1.29 is 9.90 Å². The number of carbonyl (C=O) groups is 1. The van der Waals surface area contributed by atoms with Crippen molar-refractivity contribution in [3.63, 3.8) is 0 Å². The molecule has 2 N–H and O–H groups in total. The van der Waals surface area contributed by atoms with Crippen LogP contribution >= 0.6 is 0 Å².